The van der Waals surface area contributed by atoms with Gasteiger partial charge in [0.05, 0.1) is 28.1 Å². The van der Waals surface area contributed by atoms with Crippen LogP contribution >= 0.6 is 35.1 Å². The van der Waals surface area contributed by atoms with Gasteiger partial charge in [0.25, 0.3) is 0 Å². The number of aliphatic hydroxyl groups excluding tert-OH is 1. The van der Waals surface area contributed by atoms with Crippen molar-refractivity contribution < 1.29 is 14.2 Å². The Bertz CT molecular complexity index is 1410. The summed E-state index contributed by atoms with van der Waals surface area (Å²) in [6, 6.07) is 4.22. The number of nitrogens with zero attached hydrogens (tertiary/aromatic N) is 4. The van der Waals surface area contributed by atoms with Crippen LogP contribution in [0.2, 0.25) is 10.0 Å². The van der Waals surface area contributed by atoms with E-state index in [1.807, 2.05) is 0 Å². The van der Waals surface area contributed by atoms with Crippen LogP contribution in [0.1, 0.15) is 27.9 Å². The predicted octanol–water partition coefficient (Wildman–Crippen LogP) is 4.70. The molecule has 12 heteroatoms. The first kappa shape index (κ1) is 27.0. The molecule has 2 aliphatic heterocycles. The van der Waals surface area contributed by atoms with Crippen LogP contribution in [-0.2, 0) is 13.2 Å². The first-order valence-electron chi connectivity index (χ1n) is 11.9. The fourth-order valence-corrected chi connectivity index (χ4v) is 6.19. The van der Waals surface area contributed by atoms with Gasteiger partial charge in [0.2, 0.25) is 0 Å². The molecule has 38 heavy (non-hydrogen) atoms. The van der Waals surface area contributed by atoms with Gasteiger partial charge >= 0.3 is 0 Å². The predicted molar refractivity (Wildman–Crippen MR) is 150 cm³/mol. The molecule has 200 valence electrons. The summed E-state index contributed by atoms with van der Waals surface area (Å²) in [5.41, 5.74) is 8.91. The summed E-state index contributed by atoms with van der Waals surface area (Å²) in [6.07, 6.45) is 5.13. The molecule has 5 rings (SSSR count). The molecule has 0 bridgehead atoms. The van der Waals surface area contributed by atoms with Gasteiger partial charge in [-0.25, -0.2) is 13.7 Å². The molecule has 8 nitrogen and oxygen atoms in total. The molecule has 0 amide bonds. The quantitative estimate of drug-likeness (QED) is 0.201. The summed E-state index contributed by atoms with van der Waals surface area (Å²) in [6.45, 7) is 5.30. The molecule has 2 fully saturated rings. The van der Waals surface area contributed by atoms with Gasteiger partial charge in [0, 0.05) is 78.0 Å². The molecule has 3 aromatic rings. The van der Waals surface area contributed by atoms with E-state index in [4.69, 9.17) is 39.1 Å². The van der Waals surface area contributed by atoms with Crippen molar-refractivity contribution >= 4 is 52.4 Å². The van der Waals surface area contributed by atoms with E-state index in [0.717, 1.165) is 38.1 Å². The molecule has 2 saturated heterocycles. The van der Waals surface area contributed by atoms with Crippen molar-refractivity contribution in [1.29, 1.82) is 5.41 Å². The first-order valence-corrected chi connectivity index (χ1v) is 13.8. The number of halogens is 3. The Morgan fingerprint density at radius 3 is 2.63 bits per heavy atom. The number of benzene rings is 1. The Labute approximate surface area is 234 Å². The van der Waals surface area contributed by atoms with E-state index < -0.39 is 5.82 Å². The number of hydrogen-bond acceptors (Lipinski definition) is 9. The van der Waals surface area contributed by atoms with Crippen molar-refractivity contribution in [3.8, 4) is 5.75 Å². The van der Waals surface area contributed by atoms with Crippen LogP contribution < -0.4 is 15.4 Å². The van der Waals surface area contributed by atoms with Crippen molar-refractivity contribution in [3.05, 3.63) is 74.4 Å². The summed E-state index contributed by atoms with van der Waals surface area (Å²) in [5.74, 6) is -0.0581. The number of aromatic nitrogens is 2. The lowest BCUT2D eigenvalue weighted by molar-refractivity contribution is 0.0471. The van der Waals surface area contributed by atoms with E-state index >= 15 is 0 Å². The topological polar surface area (TPSA) is 112 Å². The van der Waals surface area contributed by atoms with Crippen LogP contribution in [0.25, 0.3) is 0 Å². The van der Waals surface area contributed by atoms with Gasteiger partial charge in [-0.15, -0.1) is 0 Å². The van der Waals surface area contributed by atoms with Gasteiger partial charge in [0.1, 0.15) is 12.4 Å². The number of hydrogen-bond donors (Lipinski definition) is 3. The molecule has 0 atom stereocenters. The molecule has 4 heterocycles. The first-order chi connectivity index (χ1) is 18.1. The summed E-state index contributed by atoms with van der Waals surface area (Å²) in [5, 5.41) is 19.5. The van der Waals surface area contributed by atoms with Crippen molar-refractivity contribution in [2.24, 2.45) is 5.41 Å². The maximum absolute atomic E-state index is 14.7. The molecule has 4 N–H and O–H groups in total. The second kappa shape index (κ2) is 10.5. The Hall–Kier alpha value is -2.63. The number of nitrogens with one attached hydrogen (secondary N) is 1. The van der Waals surface area contributed by atoms with E-state index in [-0.39, 0.29) is 35.9 Å². The highest BCUT2D eigenvalue weighted by atomic mass is 35.5. The normalized spacial score (nSPS) is 16.3. The summed E-state index contributed by atoms with van der Waals surface area (Å²) < 4.78 is 22.7. The standard InChI is InChI=1S/C26H27Cl2FN6O2S/c1-14-23(28)18(19(27)7-32-14)9-37-22-4-17(21(30)5-20(22)29)24(31)15-3-16(8-36)25(33-6-15)34-10-26(11-34)12-35(13-26)38-2/h3-7,31,36H,8-13,30H2,1-2H3. The van der Waals surface area contributed by atoms with Crippen LogP contribution in [0.15, 0.2) is 30.6 Å². The number of aliphatic hydroxyl groups is 1. The minimum Gasteiger partial charge on any atom is -0.486 e. The van der Waals surface area contributed by atoms with Crippen LogP contribution in [-0.4, -0.2) is 57.5 Å². The number of rotatable bonds is 8. The zero-order valence-corrected chi connectivity index (χ0v) is 23.2. The SMILES string of the molecule is CSN1CC2(C1)CN(c1ncc(C(=N)c3cc(OCc4c(Cl)cnc(C)c4Cl)c(F)cc3N)cc1CO)C2. The third-order valence-electron chi connectivity index (χ3n) is 7.02. The average molecular weight is 578 g/mol. The second-order valence-corrected chi connectivity index (χ2v) is 11.4. The molecule has 2 aliphatic rings. The Morgan fingerprint density at radius 1 is 1.21 bits per heavy atom. The number of nitrogen functional groups attached to an aromatic ring is 1. The maximum atomic E-state index is 14.7. The molecular formula is C26H27Cl2FN6O2S. The minimum absolute atomic E-state index is 0.0339. The van der Waals surface area contributed by atoms with Gasteiger partial charge in [0.15, 0.2) is 11.6 Å². The lowest BCUT2D eigenvalue weighted by Gasteiger charge is -2.60. The van der Waals surface area contributed by atoms with Gasteiger partial charge in [-0.05, 0) is 25.3 Å². The van der Waals surface area contributed by atoms with Crippen molar-refractivity contribution in [2.75, 3.05) is 43.1 Å². The maximum Gasteiger partial charge on any atom is 0.167 e. The van der Waals surface area contributed by atoms with Crippen LogP contribution in [0.5, 0.6) is 5.75 Å². The highest BCUT2D eigenvalue weighted by Gasteiger charge is 2.52. The Morgan fingerprint density at radius 2 is 1.95 bits per heavy atom. The second-order valence-electron chi connectivity index (χ2n) is 9.72. The number of ether oxygens (including phenoxy) is 1. The average Bonchev–Trinajstić information content (AvgIpc) is 2.85. The fraction of sp³-hybridized carbons (Fsp3) is 0.346. The molecular weight excluding hydrogens is 550 g/mol. The van der Waals surface area contributed by atoms with Gasteiger partial charge in [-0.1, -0.05) is 35.1 Å². The molecule has 0 aliphatic carbocycles. The number of aryl methyl sites for hydroxylation is 1. The van der Waals surface area contributed by atoms with E-state index in [0.29, 0.717) is 37.8 Å². The van der Waals surface area contributed by atoms with Gasteiger partial charge in [-0.3, -0.25) is 10.4 Å². The summed E-state index contributed by atoms with van der Waals surface area (Å²) in [4.78, 5) is 10.8. The van der Waals surface area contributed by atoms with E-state index in [2.05, 4.69) is 25.4 Å². The molecule has 2 aromatic heterocycles. The monoisotopic (exact) mass is 576 g/mol. The highest BCUT2D eigenvalue weighted by Crippen LogP contribution is 2.44. The van der Waals surface area contributed by atoms with Crippen molar-refractivity contribution in [1.82, 2.24) is 14.3 Å². The van der Waals surface area contributed by atoms with Crippen LogP contribution in [0, 0.1) is 23.6 Å². The van der Waals surface area contributed by atoms with E-state index in [1.165, 1.54) is 12.3 Å². The van der Waals surface area contributed by atoms with E-state index in [1.54, 1.807) is 31.1 Å². The van der Waals surface area contributed by atoms with Gasteiger partial charge in [-0.2, -0.15) is 0 Å². The molecule has 0 saturated carbocycles. The largest absolute Gasteiger partial charge is 0.486 e. The third-order valence-corrected chi connectivity index (χ3v) is 8.63. The smallest absolute Gasteiger partial charge is 0.167 e. The molecule has 1 spiro atoms. The number of nitrogens with two attached hydrogens (primary N) is 1. The third kappa shape index (κ3) is 4.91. The number of pyridine rings is 2. The highest BCUT2D eigenvalue weighted by molar-refractivity contribution is 7.96. The lowest BCUT2D eigenvalue weighted by atomic mass is 9.74. The molecule has 1 aromatic carbocycles. The van der Waals surface area contributed by atoms with E-state index in [9.17, 15) is 9.50 Å². The Balaban J connectivity index is 1.35. The zero-order chi connectivity index (χ0) is 27.2. The van der Waals surface area contributed by atoms with Crippen LogP contribution in [0.4, 0.5) is 15.9 Å². The Kier molecular flexibility index (Phi) is 7.45. The van der Waals surface area contributed by atoms with Crippen LogP contribution in [0.3, 0.4) is 0 Å². The number of anilines is 2. The minimum atomic E-state index is -0.677. The van der Waals surface area contributed by atoms with Crippen molar-refractivity contribution in [2.45, 2.75) is 20.1 Å². The summed E-state index contributed by atoms with van der Waals surface area (Å²) in [7, 11) is 0. The molecule has 0 radical (unpaired) electrons. The lowest BCUT2D eigenvalue weighted by Crippen LogP contribution is -2.71. The molecule has 0 unspecified atom stereocenters. The zero-order valence-electron chi connectivity index (χ0n) is 20.9. The summed E-state index contributed by atoms with van der Waals surface area (Å²) >= 11 is 14.3. The fourth-order valence-electron chi connectivity index (χ4n) is 4.93. The van der Waals surface area contributed by atoms with Gasteiger partial charge < -0.3 is 20.5 Å². The van der Waals surface area contributed by atoms with Crippen molar-refractivity contribution in [3.63, 3.8) is 0 Å².